The van der Waals surface area contributed by atoms with E-state index >= 15 is 0 Å². The molecular weight excluding hydrogens is 448 g/mol. The van der Waals surface area contributed by atoms with Gasteiger partial charge in [0.05, 0.1) is 0 Å². The van der Waals surface area contributed by atoms with Crippen molar-refractivity contribution in [2.45, 2.75) is 51.5 Å². The van der Waals surface area contributed by atoms with Crippen molar-refractivity contribution >= 4 is 18.0 Å². The summed E-state index contributed by atoms with van der Waals surface area (Å²) in [7, 11) is 0. The van der Waals surface area contributed by atoms with E-state index in [4.69, 9.17) is 9.84 Å². The van der Waals surface area contributed by atoms with Gasteiger partial charge in [-0.3, -0.25) is 9.59 Å². The number of aliphatic hydroxyl groups excluding tert-OH is 1. The van der Waals surface area contributed by atoms with Gasteiger partial charge < -0.3 is 25.6 Å². The lowest BCUT2D eigenvalue weighted by atomic mass is 9.89. The molecule has 0 spiro atoms. The van der Waals surface area contributed by atoms with E-state index in [1.165, 1.54) is 0 Å². The number of fused-ring (bicyclic) bond motifs is 3. The van der Waals surface area contributed by atoms with Crippen LogP contribution >= 0.6 is 0 Å². The Morgan fingerprint density at radius 2 is 1.63 bits per heavy atom. The number of carbonyl (C=O) groups is 3. The fraction of sp³-hybridized carbons (Fsp3) is 0.444. The largest absolute Gasteiger partial charge is 0.481 e. The van der Waals surface area contributed by atoms with E-state index in [9.17, 15) is 19.5 Å². The molecule has 35 heavy (non-hydrogen) atoms. The summed E-state index contributed by atoms with van der Waals surface area (Å²) in [5, 5.41) is 23.7. The van der Waals surface area contributed by atoms with E-state index in [-0.39, 0.29) is 37.4 Å². The van der Waals surface area contributed by atoms with Gasteiger partial charge in [0.2, 0.25) is 5.91 Å². The molecule has 2 aromatic carbocycles. The molecule has 0 aliphatic heterocycles. The molecule has 2 amide bonds. The maximum absolute atomic E-state index is 12.6. The molecule has 0 radical (unpaired) electrons. The number of amides is 2. The zero-order valence-electron chi connectivity index (χ0n) is 20.3. The van der Waals surface area contributed by atoms with Crippen molar-refractivity contribution in [1.82, 2.24) is 10.6 Å². The van der Waals surface area contributed by atoms with E-state index in [2.05, 4.69) is 10.6 Å². The molecule has 1 unspecified atom stereocenters. The minimum Gasteiger partial charge on any atom is -0.481 e. The fourth-order valence-electron chi connectivity index (χ4n) is 4.30. The quantitative estimate of drug-likeness (QED) is 0.342. The smallest absolute Gasteiger partial charge is 0.407 e. The number of aliphatic carboxylic acids is 1. The third kappa shape index (κ3) is 7.05. The van der Waals surface area contributed by atoms with Gasteiger partial charge in [-0.15, -0.1) is 0 Å². The highest BCUT2D eigenvalue weighted by atomic mass is 16.5. The third-order valence-electron chi connectivity index (χ3n) is 6.36. The average Bonchev–Trinajstić information content (AvgIpc) is 3.16. The number of rotatable bonds is 12. The summed E-state index contributed by atoms with van der Waals surface area (Å²) in [4.78, 5) is 36.3. The number of benzene rings is 2. The predicted octanol–water partition coefficient (Wildman–Crippen LogP) is 3.67. The summed E-state index contributed by atoms with van der Waals surface area (Å²) >= 11 is 0. The monoisotopic (exact) mass is 482 g/mol. The highest BCUT2D eigenvalue weighted by molar-refractivity contribution is 5.86. The Morgan fingerprint density at radius 1 is 1.03 bits per heavy atom. The second-order valence-corrected chi connectivity index (χ2v) is 9.67. The lowest BCUT2D eigenvalue weighted by molar-refractivity contribution is -0.137. The first-order chi connectivity index (χ1) is 16.7. The van der Waals surface area contributed by atoms with Crippen molar-refractivity contribution in [1.29, 1.82) is 0 Å². The number of hydrogen-bond donors (Lipinski definition) is 4. The zero-order valence-corrected chi connectivity index (χ0v) is 20.3. The molecule has 8 nitrogen and oxygen atoms in total. The number of carboxylic acids is 1. The van der Waals surface area contributed by atoms with Crippen LogP contribution in [0, 0.1) is 5.41 Å². The summed E-state index contributed by atoms with van der Waals surface area (Å²) < 4.78 is 5.51. The number of ether oxygens (including phenoxy) is 1. The first-order valence-corrected chi connectivity index (χ1v) is 11.9. The average molecular weight is 483 g/mol. The van der Waals surface area contributed by atoms with Crippen molar-refractivity contribution in [3.8, 4) is 11.1 Å². The van der Waals surface area contributed by atoms with E-state index in [0.29, 0.717) is 19.4 Å². The molecule has 3 rings (SSSR count). The van der Waals surface area contributed by atoms with E-state index in [1.807, 2.05) is 62.4 Å². The number of hydrogen-bond acceptors (Lipinski definition) is 5. The van der Waals surface area contributed by atoms with Crippen LogP contribution < -0.4 is 10.6 Å². The normalized spacial score (nSPS) is 13.5. The third-order valence-corrected chi connectivity index (χ3v) is 6.36. The van der Waals surface area contributed by atoms with Crippen LogP contribution in [0.4, 0.5) is 4.79 Å². The second kappa shape index (κ2) is 11.8. The standard InChI is InChI=1S/C27H34N2O6/c1-27(2,17-30)14-7-15-28-25(33)23(12-13-24(31)32)29-26(34)35-16-22-20-10-5-3-8-18(20)19-9-4-6-11-21(19)22/h3-6,8-11,22-23,30H,7,12-17H2,1-2H3,(H,28,33)(H,29,34)(H,31,32). The maximum atomic E-state index is 12.6. The first-order valence-electron chi connectivity index (χ1n) is 11.9. The molecule has 1 atom stereocenters. The Hall–Kier alpha value is -3.39. The number of carbonyl (C=O) groups excluding carboxylic acids is 2. The number of aliphatic hydroxyl groups is 1. The molecule has 0 heterocycles. The summed E-state index contributed by atoms with van der Waals surface area (Å²) in [6, 6.07) is 14.9. The molecular formula is C27H34N2O6. The van der Waals surface area contributed by atoms with E-state index in [0.717, 1.165) is 22.3 Å². The van der Waals surface area contributed by atoms with Crippen molar-refractivity contribution < 1.29 is 29.3 Å². The summed E-state index contributed by atoms with van der Waals surface area (Å²) in [6.45, 7) is 4.37. The van der Waals surface area contributed by atoms with Crippen LogP contribution in [0.3, 0.4) is 0 Å². The lowest BCUT2D eigenvalue weighted by Crippen LogP contribution is -2.47. The van der Waals surface area contributed by atoms with E-state index < -0.39 is 24.0 Å². The number of carboxylic acid groups (broad SMARTS) is 1. The van der Waals surface area contributed by atoms with Gasteiger partial charge >= 0.3 is 12.1 Å². The van der Waals surface area contributed by atoms with Gasteiger partial charge in [0, 0.05) is 25.5 Å². The Bertz CT molecular complexity index is 1010. The van der Waals surface area contributed by atoms with Crippen LogP contribution in [0.5, 0.6) is 0 Å². The lowest BCUT2D eigenvalue weighted by Gasteiger charge is -2.22. The molecule has 0 bridgehead atoms. The van der Waals surface area contributed by atoms with Crippen LogP contribution in [0.1, 0.15) is 56.6 Å². The van der Waals surface area contributed by atoms with Gasteiger partial charge in [-0.05, 0) is 46.9 Å². The first kappa shape index (κ1) is 26.2. The van der Waals surface area contributed by atoms with Crippen LogP contribution in [-0.4, -0.2) is 54.0 Å². The fourth-order valence-corrected chi connectivity index (χ4v) is 4.30. The zero-order chi connectivity index (χ0) is 25.4. The maximum Gasteiger partial charge on any atom is 0.407 e. The summed E-state index contributed by atoms with van der Waals surface area (Å²) in [5.41, 5.74) is 4.13. The minimum absolute atomic E-state index is 0.0471. The van der Waals surface area contributed by atoms with Gasteiger partial charge in [0.1, 0.15) is 12.6 Å². The number of nitrogens with one attached hydrogen (secondary N) is 2. The molecule has 4 N–H and O–H groups in total. The Balaban J connectivity index is 1.57. The highest BCUT2D eigenvalue weighted by Gasteiger charge is 2.30. The topological polar surface area (TPSA) is 125 Å². The predicted molar refractivity (Wildman–Crippen MR) is 132 cm³/mol. The van der Waals surface area contributed by atoms with Gasteiger partial charge in [0.25, 0.3) is 0 Å². The summed E-state index contributed by atoms with van der Waals surface area (Å²) in [5.74, 6) is -1.63. The minimum atomic E-state index is -1.05. The summed E-state index contributed by atoms with van der Waals surface area (Å²) in [6.07, 6.45) is 0.283. The SMILES string of the molecule is CC(C)(CO)CCCNC(=O)C(CCC(=O)O)NC(=O)OCC1c2ccccc2-c2ccccc21. The molecule has 1 aliphatic carbocycles. The van der Waals surface area contributed by atoms with Gasteiger partial charge in [-0.25, -0.2) is 4.79 Å². The molecule has 0 aromatic heterocycles. The van der Waals surface area contributed by atoms with E-state index in [1.54, 1.807) is 0 Å². The van der Waals surface area contributed by atoms with Crippen LogP contribution in [0.15, 0.2) is 48.5 Å². The Kier molecular flexibility index (Phi) is 8.87. The Labute approximate surface area is 205 Å². The Morgan fingerprint density at radius 3 is 2.20 bits per heavy atom. The number of alkyl carbamates (subject to hydrolysis) is 1. The molecule has 0 fully saturated rings. The van der Waals surface area contributed by atoms with Crippen LogP contribution in [-0.2, 0) is 14.3 Å². The molecule has 8 heteroatoms. The van der Waals surface area contributed by atoms with Gasteiger partial charge in [-0.2, -0.15) is 0 Å². The van der Waals surface area contributed by atoms with Crippen LogP contribution in [0.25, 0.3) is 11.1 Å². The highest BCUT2D eigenvalue weighted by Crippen LogP contribution is 2.44. The molecule has 188 valence electrons. The van der Waals surface area contributed by atoms with Crippen molar-refractivity contribution in [2.75, 3.05) is 19.8 Å². The van der Waals surface area contributed by atoms with Crippen molar-refractivity contribution in [3.05, 3.63) is 59.7 Å². The molecule has 2 aromatic rings. The van der Waals surface area contributed by atoms with Crippen molar-refractivity contribution in [3.63, 3.8) is 0 Å². The molecule has 0 saturated carbocycles. The van der Waals surface area contributed by atoms with Gasteiger partial charge in [-0.1, -0.05) is 62.4 Å². The van der Waals surface area contributed by atoms with Crippen LogP contribution in [0.2, 0.25) is 0 Å². The van der Waals surface area contributed by atoms with Crippen molar-refractivity contribution in [2.24, 2.45) is 5.41 Å². The molecule has 0 saturated heterocycles. The second-order valence-electron chi connectivity index (χ2n) is 9.67. The molecule has 1 aliphatic rings. The van der Waals surface area contributed by atoms with Gasteiger partial charge in [0.15, 0.2) is 0 Å².